The van der Waals surface area contributed by atoms with E-state index in [1.165, 1.54) is 6.20 Å². The van der Waals surface area contributed by atoms with Crippen molar-refractivity contribution in [2.75, 3.05) is 5.32 Å². The molecule has 0 fully saturated rings. The van der Waals surface area contributed by atoms with E-state index in [4.69, 9.17) is 0 Å². The van der Waals surface area contributed by atoms with E-state index in [0.717, 1.165) is 5.56 Å². The number of rotatable bonds is 3. The average Bonchev–Trinajstić information content (AvgIpc) is 2.82. The van der Waals surface area contributed by atoms with Crippen molar-refractivity contribution in [1.29, 1.82) is 0 Å². The van der Waals surface area contributed by atoms with Crippen molar-refractivity contribution in [2.24, 2.45) is 0 Å². The van der Waals surface area contributed by atoms with Gasteiger partial charge < -0.3 is 10.6 Å². The summed E-state index contributed by atoms with van der Waals surface area (Å²) in [4.78, 5) is 15.6. The molecule has 0 saturated heterocycles. The van der Waals surface area contributed by atoms with Crippen molar-refractivity contribution in [3.05, 3.63) is 42.5 Å². The highest BCUT2D eigenvalue weighted by atomic mass is 16.2. The van der Waals surface area contributed by atoms with Gasteiger partial charge in [0.2, 0.25) is 0 Å². The van der Waals surface area contributed by atoms with Gasteiger partial charge in [-0.2, -0.15) is 5.10 Å². The first kappa shape index (κ1) is 11.1. The van der Waals surface area contributed by atoms with Crippen LogP contribution < -0.4 is 10.6 Å². The Kier molecular flexibility index (Phi) is 3.34. The number of H-pyrrole nitrogens is 1. The number of aromatic amines is 1. The number of urea groups is 1. The maximum absolute atomic E-state index is 11.6. The first-order chi connectivity index (χ1) is 8.25. The molecule has 2 aromatic heterocycles. The molecule has 0 aliphatic carbocycles. The predicted molar refractivity (Wildman–Crippen MR) is 63.4 cm³/mol. The zero-order valence-corrected chi connectivity index (χ0v) is 9.34. The smallest absolute Gasteiger partial charge is 0.319 e. The average molecular weight is 231 g/mol. The topological polar surface area (TPSA) is 82.7 Å². The minimum atomic E-state index is -0.275. The van der Waals surface area contributed by atoms with Gasteiger partial charge in [0.1, 0.15) is 0 Å². The van der Waals surface area contributed by atoms with Gasteiger partial charge in [0.15, 0.2) is 0 Å². The van der Waals surface area contributed by atoms with Crippen LogP contribution in [-0.4, -0.2) is 21.2 Å². The summed E-state index contributed by atoms with van der Waals surface area (Å²) in [6.45, 7) is 1.89. The number of hydrogen-bond donors (Lipinski definition) is 3. The third kappa shape index (κ3) is 3.04. The van der Waals surface area contributed by atoms with E-state index < -0.39 is 0 Å². The van der Waals surface area contributed by atoms with E-state index >= 15 is 0 Å². The zero-order chi connectivity index (χ0) is 12.1. The van der Waals surface area contributed by atoms with Crippen LogP contribution in [0.5, 0.6) is 0 Å². The van der Waals surface area contributed by atoms with E-state index in [1.807, 2.05) is 19.1 Å². The molecule has 0 bridgehead atoms. The van der Waals surface area contributed by atoms with Crippen molar-refractivity contribution in [3.63, 3.8) is 0 Å². The van der Waals surface area contributed by atoms with Gasteiger partial charge in [0.05, 0.1) is 17.9 Å². The lowest BCUT2D eigenvalue weighted by Gasteiger charge is -2.13. The molecule has 0 saturated carbocycles. The fraction of sp³-hybridized carbons (Fsp3) is 0.182. The number of carbonyl (C=O) groups excluding carboxylic acids is 1. The molecule has 0 aliphatic rings. The van der Waals surface area contributed by atoms with E-state index in [2.05, 4.69) is 25.8 Å². The van der Waals surface area contributed by atoms with Crippen LogP contribution in [0.2, 0.25) is 0 Å². The third-order valence-electron chi connectivity index (χ3n) is 2.29. The van der Waals surface area contributed by atoms with Crippen LogP contribution in [0.4, 0.5) is 10.5 Å². The lowest BCUT2D eigenvalue weighted by Crippen LogP contribution is -2.31. The number of carbonyl (C=O) groups is 1. The third-order valence-corrected chi connectivity index (χ3v) is 2.29. The molecule has 6 nitrogen and oxygen atoms in total. The second-order valence-corrected chi connectivity index (χ2v) is 3.59. The Balaban J connectivity index is 1.91. The number of pyridine rings is 1. The Labute approximate surface area is 98.5 Å². The molecule has 2 heterocycles. The second-order valence-electron chi connectivity index (χ2n) is 3.59. The molecule has 6 heteroatoms. The molecule has 2 rings (SSSR count). The normalized spacial score (nSPS) is 11.8. The van der Waals surface area contributed by atoms with Crippen LogP contribution in [0.15, 0.2) is 36.9 Å². The summed E-state index contributed by atoms with van der Waals surface area (Å²) in [6, 6.07) is 3.37. The fourth-order valence-electron chi connectivity index (χ4n) is 1.40. The summed E-state index contributed by atoms with van der Waals surface area (Å²) in [7, 11) is 0. The Bertz CT molecular complexity index is 468. The first-order valence-corrected chi connectivity index (χ1v) is 5.22. The Morgan fingerprint density at radius 1 is 1.47 bits per heavy atom. The number of aromatic nitrogens is 3. The fourth-order valence-corrected chi connectivity index (χ4v) is 1.40. The van der Waals surface area contributed by atoms with Gasteiger partial charge in [0.25, 0.3) is 0 Å². The highest BCUT2D eigenvalue weighted by Crippen LogP contribution is 2.10. The summed E-state index contributed by atoms with van der Waals surface area (Å²) in [5.74, 6) is 0. The quantitative estimate of drug-likeness (QED) is 0.751. The zero-order valence-electron chi connectivity index (χ0n) is 9.34. The van der Waals surface area contributed by atoms with Crippen molar-refractivity contribution >= 4 is 11.7 Å². The van der Waals surface area contributed by atoms with E-state index in [0.29, 0.717) is 5.69 Å². The van der Waals surface area contributed by atoms with E-state index in [9.17, 15) is 4.79 Å². The molecule has 3 N–H and O–H groups in total. The Morgan fingerprint density at radius 2 is 2.35 bits per heavy atom. The standard InChI is InChI=1S/C11H13N5O/c1-8(9-3-2-4-12-5-9)15-11(17)16-10-6-13-14-7-10/h2-8H,1H3,(H,13,14)(H2,15,16,17)/t8-/m1/s1. The van der Waals surface area contributed by atoms with Crippen LogP contribution in [0.25, 0.3) is 0 Å². The minimum Gasteiger partial charge on any atom is -0.331 e. The molecule has 88 valence electrons. The molecule has 0 radical (unpaired) electrons. The van der Waals surface area contributed by atoms with Gasteiger partial charge in [0, 0.05) is 18.6 Å². The SMILES string of the molecule is C[C@@H](NC(=O)Nc1cn[nH]c1)c1cccnc1. The van der Waals surface area contributed by atoms with E-state index in [1.54, 1.807) is 18.6 Å². The predicted octanol–water partition coefficient (Wildman–Crippen LogP) is 1.69. The van der Waals surface area contributed by atoms with Gasteiger partial charge in [-0.25, -0.2) is 4.79 Å². The molecule has 0 unspecified atom stereocenters. The molecule has 0 aromatic carbocycles. The van der Waals surface area contributed by atoms with Crippen molar-refractivity contribution < 1.29 is 4.79 Å². The van der Waals surface area contributed by atoms with Crippen LogP contribution in [0.3, 0.4) is 0 Å². The Hall–Kier alpha value is -2.37. The van der Waals surface area contributed by atoms with E-state index in [-0.39, 0.29) is 12.1 Å². The number of hydrogen-bond acceptors (Lipinski definition) is 3. The van der Waals surface area contributed by atoms with Gasteiger partial charge in [-0.15, -0.1) is 0 Å². The number of nitrogens with one attached hydrogen (secondary N) is 3. The maximum atomic E-state index is 11.6. The van der Waals surface area contributed by atoms with Crippen molar-refractivity contribution in [1.82, 2.24) is 20.5 Å². The lowest BCUT2D eigenvalue weighted by molar-refractivity contribution is 0.249. The van der Waals surface area contributed by atoms with Crippen LogP contribution >= 0.6 is 0 Å². The highest BCUT2D eigenvalue weighted by Gasteiger charge is 2.09. The molecule has 2 aromatic rings. The van der Waals surface area contributed by atoms with Gasteiger partial charge in [-0.05, 0) is 18.6 Å². The molecular formula is C11H13N5O. The second kappa shape index (κ2) is 5.11. The van der Waals surface area contributed by atoms with Gasteiger partial charge in [-0.1, -0.05) is 6.07 Å². The summed E-state index contributed by atoms with van der Waals surface area (Å²) in [6.07, 6.45) is 6.56. The summed E-state index contributed by atoms with van der Waals surface area (Å²) in [5.41, 5.74) is 1.58. The first-order valence-electron chi connectivity index (χ1n) is 5.22. The van der Waals surface area contributed by atoms with Gasteiger partial charge >= 0.3 is 6.03 Å². The van der Waals surface area contributed by atoms with Crippen LogP contribution in [0.1, 0.15) is 18.5 Å². The van der Waals surface area contributed by atoms with Gasteiger partial charge in [-0.3, -0.25) is 10.1 Å². The minimum absolute atomic E-state index is 0.101. The maximum Gasteiger partial charge on any atom is 0.319 e. The molecule has 1 atom stereocenters. The molecule has 17 heavy (non-hydrogen) atoms. The number of anilines is 1. The lowest BCUT2D eigenvalue weighted by atomic mass is 10.1. The molecule has 0 aliphatic heterocycles. The molecule has 2 amide bonds. The molecule has 0 spiro atoms. The largest absolute Gasteiger partial charge is 0.331 e. The summed E-state index contributed by atoms with van der Waals surface area (Å²) < 4.78 is 0. The van der Waals surface area contributed by atoms with Crippen molar-refractivity contribution in [3.8, 4) is 0 Å². The number of amides is 2. The van der Waals surface area contributed by atoms with Crippen LogP contribution in [-0.2, 0) is 0 Å². The van der Waals surface area contributed by atoms with Crippen molar-refractivity contribution in [2.45, 2.75) is 13.0 Å². The monoisotopic (exact) mass is 231 g/mol. The number of nitrogens with zero attached hydrogens (tertiary/aromatic N) is 2. The highest BCUT2D eigenvalue weighted by molar-refractivity contribution is 5.89. The summed E-state index contributed by atoms with van der Waals surface area (Å²) >= 11 is 0. The van der Waals surface area contributed by atoms with Crippen LogP contribution in [0, 0.1) is 0 Å². The summed E-state index contributed by atoms with van der Waals surface area (Å²) in [5, 5.41) is 11.8. The Morgan fingerprint density at radius 3 is 3.00 bits per heavy atom. The molecular weight excluding hydrogens is 218 g/mol.